The molecule has 1 N–H and O–H groups in total. The number of aliphatic hydroxyl groups is 1. The van der Waals surface area contributed by atoms with Crippen molar-refractivity contribution in [2.45, 2.75) is 58.6 Å². The molecule has 0 spiro atoms. The fourth-order valence-electron chi connectivity index (χ4n) is 4.54. The van der Waals surface area contributed by atoms with Crippen LogP contribution in [-0.4, -0.2) is 46.5 Å². The van der Waals surface area contributed by atoms with Crippen molar-refractivity contribution in [3.05, 3.63) is 59.7 Å². The van der Waals surface area contributed by atoms with Gasteiger partial charge in [-0.3, -0.25) is 19.3 Å². The van der Waals surface area contributed by atoms with E-state index in [4.69, 9.17) is 4.74 Å². The Labute approximate surface area is 199 Å². The van der Waals surface area contributed by atoms with E-state index in [9.17, 15) is 19.5 Å². The Morgan fingerprint density at radius 1 is 0.941 bits per heavy atom. The zero-order valence-corrected chi connectivity index (χ0v) is 19.9. The number of rotatable bonds is 9. The standard InChI is InChI=1S/C28H31NO5/c1-4-5-8-17(2)25(30)15-26(31)34-16-18(3)29-27(32)23-13-21-11-19-9-6-7-10-20(19)12-22(21)14-24(23)28(29)33/h6-7,9-14,17-18,25,30H,4-5,8,15-16H2,1-3H3/t17-,18+,25-/m1/s1. The van der Waals surface area contributed by atoms with E-state index < -0.39 is 18.1 Å². The van der Waals surface area contributed by atoms with Crippen molar-refractivity contribution in [1.82, 2.24) is 4.90 Å². The zero-order chi connectivity index (χ0) is 24.4. The van der Waals surface area contributed by atoms with Gasteiger partial charge in [0.15, 0.2) is 0 Å². The minimum atomic E-state index is -0.767. The van der Waals surface area contributed by atoms with Gasteiger partial charge in [-0.05, 0) is 65.1 Å². The predicted octanol–water partition coefficient (Wildman–Crippen LogP) is 5.10. The molecule has 4 rings (SSSR count). The average molecular weight is 462 g/mol. The van der Waals surface area contributed by atoms with Crippen LogP contribution in [0.5, 0.6) is 0 Å². The molecule has 3 aromatic rings. The van der Waals surface area contributed by atoms with Crippen LogP contribution >= 0.6 is 0 Å². The minimum absolute atomic E-state index is 0.00643. The first-order valence-electron chi connectivity index (χ1n) is 12.0. The van der Waals surface area contributed by atoms with Gasteiger partial charge in [0.05, 0.1) is 29.7 Å². The van der Waals surface area contributed by atoms with E-state index in [-0.39, 0.29) is 30.8 Å². The van der Waals surface area contributed by atoms with E-state index in [0.29, 0.717) is 11.1 Å². The van der Waals surface area contributed by atoms with Crippen molar-refractivity contribution in [3.8, 4) is 0 Å². The van der Waals surface area contributed by atoms with E-state index in [0.717, 1.165) is 45.7 Å². The van der Waals surface area contributed by atoms with Gasteiger partial charge in [-0.15, -0.1) is 0 Å². The van der Waals surface area contributed by atoms with Gasteiger partial charge in [0.2, 0.25) is 0 Å². The number of amides is 2. The number of esters is 1. The van der Waals surface area contributed by atoms with E-state index in [1.807, 2.05) is 43.3 Å². The van der Waals surface area contributed by atoms with Crippen LogP contribution in [0.4, 0.5) is 0 Å². The number of carbonyl (C=O) groups excluding carboxylic acids is 3. The topological polar surface area (TPSA) is 83.9 Å². The fourth-order valence-corrected chi connectivity index (χ4v) is 4.54. The Morgan fingerprint density at radius 2 is 1.50 bits per heavy atom. The number of aliphatic hydroxyl groups excluding tert-OH is 1. The lowest BCUT2D eigenvalue weighted by molar-refractivity contribution is -0.147. The first-order chi connectivity index (χ1) is 16.3. The summed E-state index contributed by atoms with van der Waals surface area (Å²) in [5, 5.41) is 14.2. The van der Waals surface area contributed by atoms with Crippen LogP contribution in [-0.2, 0) is 9.53 Å². The largest absolute Gasteiger partial charge is 0.463 e. The molecule has 0 bridgehead atoms. The van der Waals surface area contributed by atoms with Gasteiger partial charge in [-0.1, -0.05) is 51.0 Å². The third-order valence-corrected chi connectivity index (χ3v) is 6.71. The quantitative estimate of drug-likeness (QED) is 0.272. The molecule has 0 saturated heterocycles. The van der Waals surface area contributed by atoms with Crippen molar-refractivity contribution in [1.29, 1.82) is 0 Å². The molecule has 3 aromatic carbocycles. The maximum Gasteiger partial charge on any atom is 0.308 e. The molecule has 0 aliphatic carbocycles. The van der Waals surface area contributed by atoms with Gasteiger partial charge in [0, 0.05) is 0 Å². The molecule has 6 nitrogen and oxygen atoms in total. The number of fused-ring (bicyclic) bond motifs is 3. The van der Waals surface area contributed by atoms with Crippen LogP contribution in [0, 0.1) is 5.92 Å². The molecule has 1 aliphatic rings. The predicted molar refractivity (Wildman–Crippen MR) is 132 cm³/mol. The summed E-state index contributed by atoms with van der Waals surface area (Å²) >= 11 is 0. The number of imide groups is 1. The highest BCUT2D eigenvalue weighted by molar-refractivity contribution is 6.23. The first kappa shape index (κ1) is 23.9. The highest BCUT2D eigenvalue weighted by Gasteiger charge is 2.39. The molecular weight excluding hydrogens is 430 g/mol. The Kier molecular flexibility index (Phi) is 6.98. The second-order valence-electron chi connectivity index (χ2n) is 9.35. The molecule has 0 saturated carbocycles. The molecule has 1 heterocycles. The van der Waals surface area contributed by atoms with Gasteiger partial charge in [0.25, 0.3) is 11.8 Å². The maximum atomic E-state index is 13.1. The Balaban J connectivity index is 1.45. The summed E-state index contributed by atoms with van der Waals surface area (Å²) in [4.78, 5) is 39.6. The van der Waals surface area contributed by atoms with Gasteiger partial charge < -0.3 is 9.84 Å². The van der Waals surface area contributed by atoms with Crippen LogP contribution < -0.4 is 0 Å². The zero-order valence-electron chi connectivity index (χ0n) is 19.9. The summed E-state index contributed by atoms with van der Waals surface area (Å²) in [7, 11) is 0. The van der Waals surface area contributed by atoms with Gasteiger partial charge in [-0.2, -0.15) is 0 Å². The number of benzene rings is 3. The molecule has 1 aliphatic heterocycles. The van der Waals surface area contributed by atoms with E-state index >= 15 is 0 Å². The Hall–Kier alpha value is -3.25. The van der Waals surface area contributed by atoms with Gasteiger partial charge >= 0.3 is 5.97 Å². The fraction of sp³-hybridized carbons (Fsp3) is 0.393. The van der Waals surface area contributed by atoms with Crippen LogP contribution in [0.25, 0.3) is 21.5 Å². The summed E-state index contributed by atoms with van der Waals surface area (Å²) in [6.45, 7) is 5.58. The molecule has 0 unspecified atom stereocenters. The lowest BCUT2D eigenvalue weighted by Gasteiger charge is -2.23. The van der Waals surface area contributed by atoms with Crippen LogP contribution in [0.15, 0.2) is 48.5 Å². The molecular formula is C28H31NO5. The summed E-state index contributed by atoms with van der Waals surface area (Å²) in [6.07, 6.45) is 2.01. The van der Waals surface area contributed by atoms with E-state index in [1.54, 1.807) is 19.1 Å². The molecule has 0 radical (unpaired) electrons. The molecule has 0 aromatic heterocycles. The lowest BCUT2D eigenvalue weighted by Crippen LogP contribution is -2.41. The Morgan fingerprint density at radius 3 is 2.03 bits per heavy atom. The molecule has 3 atom stereocenters. The third-order valence-electron chi connectivity index (χ3n) is 6.71. The first-order valence-corrected chi connectivity index (χ1v) is 12.0. The number of hydrogen-bond acceptors (Lipinski definition) is 5. The van der Waals surface area contributed by atoms with Crippen molar-refractivity contribution >= 4 is 39.3 Å². The van der Waals surface area contributed by atoms with Gasteiger partial charge in [0.1, 0.15) is 6.61 Å². The highest BCUT2D eigenvalue weighted by Crippen LogP contribution is 2.31. The minimum Gasteiger partial charge on any atom is -0.463 e. The van der Waals surface area contributed by atoms with Crippen LogP contribution in [0.3, 0.4) is 0 Å². The van der Waals surface area contributed by atoms with Crippen LogP contribution in [0.2, 0.25) is 0 Å². The number of nitrogens with zero attached hydrogens (tertiary/aromatic N) is 1. The molecule has 2 amide bonds. The number of hydrogen-bond donors (Lipinski definition) is 1. The third kappa shape index (κ3) is 4.68. The van der Waals surface area contributed by atoms with Crippen molar-refractivity contribution < 1.29 is 24.2 Å². The second kappa shape index (κ2) is 9.94. The smallest absolute Gasteiger partial charge is 0.308 e. The van der Waals surface area contributed by atoms with Crippen LogP contribution in [0.1, 0.15) is 67.2 Å². The maximum absolute atomic E-state index is 13.1. The molecule has 178 valence electrons. The summed E-state index contributed by atoms with van der Waals surface area (Å²) in [5.74, 6) is -1.29. The number of ether oxygens (including phenoxy) is 1. The number of unbranched alkanes of at least 4 members (excludes halogenated alkanes) is 1. The Bertz CT molecular complexity index is 1180. The normalized spacial score (nSPS) is 16.1. The summed E-state index contributed by atoms with van der Waals surface area (Å²) in [5.41, 5.74) is 0.734. The van der Waals surface area contributed by atoms with E-state index in [1.165, 1.54) is 0 Å². The van der Waals surface area contributed by atoms with Gasteiger partial charge in [-0.25, -0.2) is 0 Å². The highest BCUT2D eigenvalue weighted by atomic mass is 16.5. The SMILES string of the molecule is CCCC[C@@H](C)[C@H](O)CC(=O)OC[C@H](C)N1C(=O)c2cc3cc4ccccc4cc3cc2C1=O. The molecule has 34 heavy (non-hydrogen) atoms. The lowest BCUT2D eigenvalue weighted by atomic mass is 9.96. The summed E-state index contributed by atoms with van der Waals surface area (Å²) < 4.78 is 5.32. The second-order valence-corrected chi connectivity index (χ2v) is 9.35. The molecule has 6 heteroatoms. The monoisotopic (exact) mass is 461 g/mol. The van der Waals surface area contributed by atoms with E-state index in [2.05, 4.69) is 6.92 Å². The van der Waals surface area contributed by atoms with Crippen molar-refractivity contribution in [3.63, 3.8) is 0 Å². The number of carbonyl (C=O) groups is 3. The van der Waals surface area contributed by atoms with Crippen molar-refractivity contribution in [2.75, 3.05) is 6.61 Å². The average Bonchev–Trinajstić information content (AvgIpc) is 3.07. The molecule has 0 fully saturated rings. The van der Waals surface area contributed by atoms with Crippen molar-refractivity contribution in [2.24, 2.45) is 5.92 Å². The summed E-state index contributed by atoms with van der Waals surface area (Å²) in [6, 6.07) is 14.9.